The molecule has 0 aromatic rings. The molecule has 0 radical (unpaired) electrons. The van der Waals surface area contributed by atoms with Crippen LogP contribution in [0.3, 0.4) is 0 Å². The highest BCUT2D eigenvalue weighted by Gasteiger charge is 2.16. The van der Waals surface area contributed by atoms with Crippen LogP contribution in [0.4, 0.5) is 0 Å². The molecule has 4 nitrogen and oxygen atoms in total. The van der Waals surface area contributed by atoms with Crippen LogP contribution in [0.1, 0.15) is 142 Å². The molecule has 0 heterocycles. The molecule has 0 unspecified atom stereocenters. The molecule has 30 heavy (non-hydrogen) atoms. The van der Waals surface area contributed by atoms with E-state index < -0.39 is 11.9 Å². The Balaban J connectivity index is 3.32. The first-order valence-corrected chi connectivity index (χ1v) is 13.1. The van der Waals surface area contributed by atoms with Crippen molar-refractivity contribution in [2.24, 2.45) is 0 Å². The minimum atomic E-state index is -0.835. The van der Waals surface area contributed by atoms with Crippen LogP contribution >= 0.6 is 0 Å². The van der Waals surface area contributed by atoms with E-state index in [1.807, 2.05) is 0 Å². The molecule has 4 heteroatoms. The van der Waals surface area contributed by atoms with E-state index in [9.17, 15) is 9.59 Å². The molecule has 0 aromatic heterocycles. The van der Waals surface area contributed by atoms with Crippen LogP contribution in [0, 0.1) is 0 Å². The fourth-order valence-electron chi connectivity index (χ4n) is 3.63. The minimum absolute atomic E-state index is 0.322. The predicted molar refractivity (Wildman–Crippen MR) is 126 cm³/mol. The molecule has 0 N–H and O–H groups in total. The summed E-state index contributed by atoms with van der Waals surface area (Å²) in [6.07, 6.45) is 24.6. The summed E-state index contributed by atoms with van der Waals surface area (Å²) in [5.41, 5.74) is 0. The third kappa shape index (κ3) is 21.6. The number of unbranched alkanes of at least 4 members (excludes halogenated alkanes) is 18. The number of rotatable bonds is 22. The van der Waals surface area contributed by atoms with Crippen LogP contribution in [-0.2, 0) is 19.1 Å². The van der Waals surface area contributed by atoms with Crippen molar-refractivity contribution < 1.29 is 19.1 Å². The van der Waals surface area contributed by atoms with Gasteiger partial charge in [0.1, 0.15) is 0 Å². The van der Waals surface area contributed by atoms with E-state index in [2.05, 4.69) is 13.8 Å². The Kier molecular flexibility index (Phi) is 23.4. The molecule has 0 saturated heterocycles. The Morgan fingerprint density at radius 3 is 0.900 bits per heavy atom. The second-order valence-electron chi connectivity index (χ2n) is 8.64. The average molecular weight is 427 g/mol. The molecule has 178 valence electrons. The van der Waals surface area contributed by atoms with E-state index in [1.54, 1.807) is 0 Å². The van der Waals surface area contributed by atoms with Gasteiger partial charge < -0.3 is 9.47 Å². The maximum absolute atomic E-state index is 11.6. The van der Waals surface area contributed by atoms with Crippen molar-refractivity contribution in [2.45, 2.75) is 142 Å². The summed E-state index contributed by atoms with van der Waals surface area (Å²) in [6.45, 7) is 5.13. The monoisotopic (exact) mass is 426 g/mol. The standard InChI is InChI=1S/C26H50O4/c1-3-5-7-9-11-13-15-17-19-21-23-29-25(27)26(28)30-24-22-20-18-16-14-12-10-8-6-4-2/h3-24H2,1-2H3. The topological polar surface area (TPSA) is 52.6 Å². The molecular formula is C26H50O4. The van der Waals surface area contributed by atoms with Gasteiger partial charge in [0, 0.05) is 0 Å². The summed E-state index contributed by atoms with van der Waals surface area (Å²) in [7, 11) is 0. The van der Waals surface area contributed by atoms with Gasteiger partial charge in [-0.1, -0.05) is 129 Å². The van der Waals surface area contributed by atoms with Crippen molar-refractivity contribution in [1.29, 1.82) is 0 Å². The van der Waals surface area contributed by atoms with Gasteiger partial charge in [0.25, 0.3) is 0 Å². The molecule has 0 aromatic carbocycles. The number of hydrogen-bond acceptors (Lipinski definition) is 4. The molecule has 0 fully saturated rings. The largest absolute Gasteiger partial charge is 0.457 e. The molecule has 0 spiro atoms. The average Bonchev–Trinajstić information content (AvgIpc) is 2.75. The lowest BCUT2D eigenvalue weighted by Crippen LogP contribution is -2.21. The zero-order chi connectivity index (χ0) is 22.1. The lowest BCUT2D eigenvalue weighted by atomic mass is 10.1. The highest BCUT2D eigenvalue weighted by atomic mass is 16.6. The van der Waals surface area contributed by atoms with Gasteiger partial charge in [0.2, 0.25) is 0 Å². The quantitative estimate of drug-likeness (QED) is 0.100. The molecule has 0 aliphatic heterocycles. The third-order valence-electron chi connectivity index (χ3n) is 5.63. The summed E-state index contributed by atoms with van der Waals surface area (Å²) in [5.74, 6) is -1.67. The summed E-state index contributed by atoms with van der Waals surface area (Å²) in [5, 5.41) is 0. The molecule has 0 aliphatic carbocycles. The Morgan fingerprint density at radius 2 is 0.633 bits per heavy atom. The van der Waals surface area contributed by atoms with E-state index in [-0.39, 0.29) is 0 Å². The van der Waals surface area contributed by atoms with Gasteiger partial charge in [-0.2, -0.15) is 0 Å². The van der Waals surface area contributed by atoms with Crippen molar-refractivity contribution in [2.75, 3.05) is 13.2 Å². The first kappa shape index (κ1) is 28.9. The van der Waals surface area contributed by atoms with Crippen molar-refractivity contribution in [3.63, 3.8) is 0 Å². The van der Waals surface area contributed by atoms with Crippen LogP contribution < -0.4 is 0 Å². The van der Waals surface area contributed by atoms with Gasteiger partial charge in [-0.05, 0) is 12.8 Å². The molecule has 0 bridgehead atoms. The van der Waals surface area contributed by atoms with Gasteiger partial charge >= 0.3 is 11.9 Å². The number of carbonyl (C=O) groups excluding carboxylic acids is 2. The lowest BCUT2D eigenvalue weighted by Gasteiger charge is -2.06. The van der Waals surface area contributed by atoms with E-state index in [4.69, 9.17) is 9.47 Å². The Labute approximate surface area is 186 Å². The van der Waals surface area contributed by atoms with Crippen molar-refractivity contribution in [3.8, 4) is 0 Å². The zero-order valence-electron chi connectivity index (χ0n) is 20.2. The smallest absolute Gasteiger partial charge is 0.417 e. The van der Waals surface area contributed by atoms with Crippen LogP contribution in [0.15, 0.2) is 0 Å². The molecule has 0 amide bonds. The van der Waals surface area contributed by atoms with Gasteiger partial charge in [-0.3, -0.25) is 0 Å². The highest BCUT2D eigenvalue weighted by molar-refractivity contribution is 6.29. The van der Waals surface area contributed by atoms with Crippen molar-refractivity contribution in [3.05, 3.63) is 0 Å². The van der Waals surface area contributed by atoms with E-state index in [0.29, 0.717) is 13.2 Å². The summed E-state index contributed by atoms with van der Waals surface area (Å²) in [6, 6.07) is 0. The minimum Gasteiger partial charge on any atom is -0.457 e. The lowest BCUT2D eigenvalue weighted by molar-refractivity contribution is -0.167. The summed E-state index contributed by atoms with van der Waals surface area (Å²) >= 11 is 0. The zero-order valence-corrected chi connectivity index (χ0v) is 20.2. The molecule has 0 atom stereocenters. The summed E-state index contributed by atoms with van der Waals surface area (Å²) in [4.78, 5) is 23.2. The van der Waals surface area contributed by atoms with Gasteiger partial charge in [0.15, 0.2) is 0 Å². The number of hydrogen-bond donors (Lipinski definition) is 0. The van der Waals surface area contributed by atoms with Crippen molar-refractivity contribution >= 4 is 11.9 Å². The van der Waals surface area contributed by atoms with Crippen LogP contribution in [0.25, 0.3) is 0 Å². The first-order valence-electron chi connectivity index (χ1n) is 13.1. The van der Waals surface area contributed by atoms with Crippen molar-refractivity contribution in [1.82, 2.24) is 0 Å². The normalized spacial score (nSPS) is 10.9. The van der Waals surface area contributed by atoms with Crippen LogP contribution in [0.2, 0.25) is 0 Å². The van der Waals surface area contributed by atoms with Gasteiger partial charge in [-0.25, -0.2) is 9.59 Å². The summed E-state index contributed by atoms with van der Waals surface area (Å²) < 4.78 is 10.0. The van der Waals surface area contributed by atoms with E-state index in [0.717, 1.165) is 25.7 Å². The maximum atomic E-state index is 11.6. The second kappa shape index (κ2) is 24.2. The Hall–Kier alpha value is -1.06. The van der Waals surface area contributed by atoms with E-state index in [1.165, 1.54) is 103 Å². The molecule has 0 aliphatic rings. The Bertz CT molecular complexity index is 345. The fourth-order valence-corrected chi connectivity index (χ4v) is 3.63. The SMILES string of the molecule is CCCCCCCCCCCCOC(=O)C(=O)OCCCCCCCCCCCC. The van der Waals surface area contributed by atoms with E-state index >= 15 is 0 Å². The first-order chi connectivity index (χ1) is 14.7. The number of esters is 2. The molecular weight excluding hydrogens is 376 g/mol. The predicted octanol–water partition coefficient (Wildman–Crippen LogP) is 7.91. The second-order valence-corrected chi connectivity index (χ2v) is 8.64. The van der Waals surface area contributed by atoms with Crippen LogP contribution in [-0.4, -0.2) is 25.2 Å². The maximum Gasteiger partial charge on any atom is 0.417 e. The molecule has 0 saturated carbocycles. The number of ether oxygens (including phenoxy) is 2. The molecule has 0 rings (SSSR count). The van der Waals surface area contributed by atoms with Gasteiger partial charge in [-0.15, -0.1) is 0 Å². The number of carbonyl (C=O) groups is 2. The fraction of sp³-hybridized carbons (Fsp3) is 0.923. The third-order valence-corrected chi connectivity index (χ3v) is 5.63. The van der Waals surface area contributed by atoms with Crippen LogP contribution in [0.5, 0.6) is 0 Å². The highest BCUT2D eigenvalue weighted by Crippen LogP contribution is 2.11. The van der Waals surface area contributed by atoms with Gasteiger partial charge in [0.05, 0.1) is 13.2 Å². The Morgan fingerprint density at radius 1 is 0.400 bits per heavy atom.